The zero-order valence-electron chi connectivity index (χ0n) is 18.7. The van der Waals surface area contributed by atoms with Gasteiger partial charge in [-0.15, -0.1) is 0 Å². The Morgan fingerprint density at radius 3 is 2.46 bits per heavy atom. The largest absolute Gasteiger partial charge is 0.411 e. The van der Waals surface area contributed by atoms with Gasteiger partial charge in [0.25, 0.3) is 0 Å². The molecule has 35 heavy (non-hydrogen) atoms. The van der Waals surface area contributed by atoms with Crippen LogP contribution in [0, 0.1) is 5.82 Å². The van der Waals surface area contributed by atoms with E-state index in [1.807, 2.05) is 13.0 Å². The Kier molecular flexibility index (Phi) is 5.53. The Morgan fingerprint density at radius 1 is 1.11 bits per heavy atom. The van der Waals surface area contributed by atoms with Gasteiger partial charge in [0, 0.05) is 18.0 Å². The standard InChI is InChI=1S/C23H22F4N8/c1-2-13(10-35-12-29-11-30-35)16-9-17(14-3-5-15(24)6-4-14)31-19-18(16)32-21(28)33-20(19)34-22(7-8-22)23(25,26)27/h3-6,9,11-13H,2,7-8,10H2,1H3,(H3,28,32,33,34). The summed E-state index contributed by atoms with van der Waals surface area (Å²) >= 11 is 0. The summed E-state index contributed by atoms with van der Waals surface area (Å²) in [5.74, 6) is -0.790. The summed E-state index contributed by atoms with van der Waals surface area (Å²) in [6.07, 6.45) is -0.928. The highest BCUT2D eigenvalue weighted by atomic mass is 19.4. The van der Waals surface area contributed by atoms with Gasteiger partial charge < -0.3 is 11.1 Å². The van der Waals surface area contributed by atoms with Crippen LogP contribution in [-0.4, -0.2) is 41.4 Å². The normalized spacial score (nSPS) is 15.8. The van der Waals surface area contributed by atoms with Crippen molar-refractivity contribution in [1.29, 1.82) is 0 Å². The van der Waals surface area contributed by atoms with Crippen LogP contribution in [0.4, 0.5) is 29.3 Å². The van der Waals surface area contributed by atoms with Crippen LogP contribution in [0.15, 0.2) is 43.0 Å². The van der Waals surface area contributed by atoms with Crippen LogP contribution in [0.5, 0.6) is 0 Å². The van der Waals surface area contributed by atoms with Gasteiger partial charge in [-0.05, 0) is 55.2 Å². The summed E-state index contributed by atoms with van der Waals surface area (Å²) in [5, 5.41) is 6.74. The fourth-order valence-corrected chi connectivity index (χ4v) is 4.15. The number of aromatic nitrogens is 6. The van der Waals surface area contributed by atoms with Crippen LogP contribution in [0.3, 0.4) is 0 Å². The molecule has 182 valence electrons. The average molecular weight is 486 g/mol. The second-order valence-corrected chi connectivity index (χ2v) is 8.66. The third-order valence-corrected chi connectivity index (χ3v) is 6.30. The first-order valence-electron chi connectivity index (χ1n) is 11.1. The minimum absolute atomic E-state index is 0.0731. The predicted octanol–water partition coefficient (Wildman–Crippen LogP) is 4.71. The van der Waals surface area contributed by atoms with E-state index in [0.717, 1.165) is 5.56 Å². The Balaban J connectivity index is 1.71. The lowest BCUT2D eigenvalue weighted by atomic mass is 9.93. The molecule has 12 heteroatoms. The van der Waals surface area contributed by atoms with Gasteiger partial charge in [-0.2, -0.15) is 23.3 Å². The number of nitrogen functional groups attached to an aromatic ring is 1. The number of alkyl halides is 3. The molecule has 3 aromatic heterocycles. The molecule has 3 N–H and O–H groups in total. The van der Waals surface area contributed by atoms with Gasteiger partial charge in [0.1, 0.15) is 35.0 Å². The van der Waals surface area contributed by atoms with Gasteiger partial charge in [0.05, 0.1) is 5.69 Å². The number of hydrogen-bond acceptors (Lipinski definition) is 7. The van der Waals surface area contributed by atoms with Crippen molar-refractivity contribution in [2.75, 3.05) is 11.1 Å². The van der Waals surface area contributed by atoms with Crippen molar-refractivity contribution in [2.24, 2.45) is 0 Å². The summed E-state index contributed by atoms with van der Waals surface area (Å²) in [7, 11) is 0. The van der Waals surface area contributed by atoms with Crippen molar-refractivity contribution in [3.8, 4) is 11.3 Å². The Hall–Kier alpha value is -3.83. The molecular weight excluding hydrogens is 464 g/mol. The van der Waals surface area contributed by atoms with Crippen LogP contribution >= 0.6 is 0 Å². The molecule has 8 nitrogen and oxygen atoms in total. The zero-order valence-corrected chi connectivity index (χ0v) is 18.7. The molecular formula is C23H22F4N8. The van der Waals surface area contributed by atoms with Crippen LogP contribution in [-0.2, 0) is 6.54 Å². The number of pyridine rings is 1. The molecule has 1 fully saturated rings. The number of halogens is 4. The van der Waals surface area contributed by atoms with E-state index in [1.165, 1.54) is 18.5 Å². The summed E-state index contributed by atoms with van der Waals surface area (Å²) in [4.78, 5) is 17.1. The van der Waals surface area contributed by atoms with Gasteiger partial charge in [-0.1, -0.05) is 6.92 Å². The third kappa shape index (κ3) is 4.35. The number of fused-ring (bicyclic) bond motifs is 1. The zero-order chi connectivity index (χ0) is 24.8. The first-order valence-corrected chi connectivity index (χ1v) is 11.1. The molecule has 0 spiro atoms. The molecule has 1 saturated carbocycles. The summed E-state index contributed by atoms with van der Waals surface area (Å²) in [5.41, 5.74) is 6.18. The van der Waals surface area contributed by atoms with E-state index in [9.17, 15) is 17.6 Å². The van der Waals surface area contributed by atoms with E-state index in [2.05, 4.69) is 30.4 Å². The maximum atomic E-state index is 13.7. The molecule has 3 heterocycles. The highest BCUT2D eigenvalue weighted by Gasteiger charge is 2.64. The van der Waals surface area contributed by atoms with Gasteiger partial charge in [0.2, 0.25) is 5.95 Å². The second kappa shape index (κ2) is 8.43. The first kappa shape index (κ1) is 22.9. The SMILES string of the molecule is CCC(Cn1cncn1)c1cc(-c2ccc(F)cc2)nc2c(NC3(C(F)(F)F)CC3)nc(N)nc12. The van der Waals surface area contributed by atoms with Crippen LogP contribution < -0.4 is 11.1 Å². The molecule has 1 unspecified atom stereocenters. The topological polar surface area (TPSA) is 107 Å². The van der Waals surface area contributed by atoms with Gasteiger partial charge in [0.15, 0.2) is 5.82 Å². The third-order valence-electron chi connectivity index (χ3n) is 6.30. The minimum Gasteiger partial charge on any atom is -0.368 e. The lowest BCUT2D eigenvalue weighted by molar-refractivity contribution is -0.151. The number of nitrogens with zero attached hydrogens (tertiary/aromatic N) is 6. The Bertz CT molecular complexity index is 1350. The average Bonchev–Trinajstić information content (AvgIpc) is 3.43. The van der Waals surface area contributed by atoms with E-state index in [-0.39, 0.29) is 36.0 Å². The Morgan fingerprint density at radius 2 is 1.86 bits per heavy atom. The Labute approximate surface area is 197 Å². The summed E-state index contributed by atoms with van der Waals surface area (Å²) < 4.78 is 56.4. The molecule has 0 radical (unpaired) electrons. The van der Waals surface area contributed by atoms with Gasteiger partial charge in [-0.25, -0.2) is 19.3 Å². The van der Waals surface area contributed by atoms with Gasteiger partial charge in [-0.3, -0.25) is 4.68 Å². The van der Waals surface area contributed by atoms with Crippen molar-refractivity contribution < 1.29 is 17.6 Å². The smallest absolute Gasteiger partial charge is 0.368 e. The maximum Gasteiger partial charge on any atom is 0.411 e. The molecule has 5 rings (SSSR count). The molecule has 1 aliphatic rings. The molecule has 1 aliphatic carbocycles. The maximum absolute atomic E-state index is 13.7. The molecule has 0 saturated heterocycles. The first-order chi connectivity index (χ1) is 16.7. The predicted molar refractivity (Wildman–Crippen MR) is 122 cm³/mol. The number of nitrogens with one attached hydrogen (secondary N) is 1. The fraction of sp³-hybridized carbons (Fsp3) is 0.348. The highest BCUT2D eigenvalue weighted by molar-refractivity contribution is 5.91. The van der Waals surface area contributed by atoms with Gasteiger partial charge >= 0.3 is 6.18 Å². The number of anilines is 2. The number of benzene rings is 1. The summed E-state index contributed by atoms with van der Waals surface area (Å²) in [6, 6.07) is 7.54. The minimum atomic E-state index is -4.46. The fourth-order valence-electron chi connectivity index (χ4n) is 4.15. The molecule has 1 atom stereocenters. The van der Waals surface area contributed by atoms with Crippen LogP contribution in [0.1, 0.15) is 37.7 Å². The van der Waals surface area contributed by atoms with E-state index in [4.69, 9.17) is 5.73 Å². The van der Waals surface area contributed by atoms with Crippen molar-refractivity contribution in [3.05, 3.63) is 54.4 Å². The summed E-state index contributed by atoms with van der Waals surface area (Å²) in [6.45, 7) is 2.44. The number of rotatable bonds is 7. The molecule has 0 amide bonds. The second-order valence-electron chi connectivity index (χ2n) is 8.66. The van der Waals surface area contributed by atoms with Crippen molar-refractivity contribution in [2.45, 2.75) is 50.4 Å². The quantitative estimate of drug-likeness (QED) is 0.365. The van der Waals surface area contributed by atoms with Crippen molar-refractivity contribution in [1.82, 2.24) is 29.7 Å². The van der Waals surface area contributed by atoms with E-state index < -0.39 is 17.5 Å². The lowest BCUT2D eigenvalue weighted by Gasteiger charge is -2.23. The molecule has 4 aromatic rings. The molecule has 0 aliphatic heterocycles. The van der Waals surface area contributed by atoms with E-state index in [0.29, 0.717) is 29.7 Å². The lowest BCUT2D eigenvalue weighted by Crippen LogP contribution is -2.39. The van der Waals surface area contributed by atoms with Crippen LogP contribution in [0.2, 0.25) is 0 Å². The van der Waals surface area contributed by atoms with Crippen LogP contribution in [0.25, 0.3) is 22.3 Å². The molecule has 1 aromatic carbocycles. The van der Waals surface area contributed by atoms with E-state index >= 15 is 0 Å². The molecule has 0 bridgehead atoms. The highest BCUT2D eigenvalue weighted by Crippen LogP contribution is 2.51. The van der Waals surface area contributed by atoms with Crippen molar-refractivity contribution >= 4 is 22.8 Å². The van der Waals surface area contributed by atoms with E-state index in [1.54, 1.807) is 23.1 Å². The van der Waals surface area contributed by atoms with Crippen molar-refractivity contribution in [3.63, 3.8) is 0 Å². The number of hydrogen-bond donors (Lipinski definition) is 2. The number of nitrogens with two attached hydrogens (primary N) is 1. The monoisotopic (exact) mass is 486 g/mol.